The molecule has 12 heteroatoms. The smallest absolute Gasteiger partial charge is 0.276 e. The lowest BCUT2D eigenvalue weighted by Crippen LogP contribution is -2.53. The molecule has 5 rings (SSSR count). The summed E-state index contributed by atoms with van der Waals surface area (Å²) >= 11 is 0. The van der Waals surface area contributed by atoms with E-state index in [9.17, 15) is 22.4 Å². The summed E-state index contributed by atoms with van der Waals surface area (Å²) in [4.78, 5) is 27.8. The molecular weight excluding hydrogens is 491 g/mol. The van der Waals surface area contributed by atoms with Crippen LogP contribution < -0.4 is 14.8 Å². The Morgan fingerprint density at radius 3 is 2.58 bits per heavy atom. The fourth-order valence-electron chi connectivity index (χ4n) is 5.02. The van der Waals surface area contributed by atoms with E-state index in [-0.39, 0.29) is 35.4 Å². The van der Waals surface area contributed by atoms with Crippen molar-refractivity contribution in [2.24, 2.45) is 17.9 Å². The monoisotopic (exact) mass is 520 g/mol. The number of ether oxygens (including phenoxy) is 2. The Bertz CT molecular complexity index is 1370. The number of aryl methyl sites for hydroxylation is 2. The van der Waals surface area contributed by atoms with Gasteiger partial charge in [-0.15, -0.1) is 0 Å². The van der Waals surface area contributed by atoms with E-state index in [2.05, 4.69) is 10.0 Å². The zero-order valence-electron chi connectivity index (χ0n) is 20.6. The first-order valence-corrected chi connectivity index (χ1v) is 13.1. The van der Waals surface area contributed by atoms with Gasteiger partial charge < -0.3 is 24.3 Å². The molecule has 2 saturated heterocycles. The van der Waals surface area contributed by atoms with Crippen LogP contribution in [0.3, 0.4) is 0 Å². The molecule has 0 aliphatic carbocycles. The number of rotatable bonds is 3. The zero-order chi connectivity index (χ0) is 26.0. The lowest BCUT2D eigenvalue weighted by molar-refractivity contribution is -0.168. The van der Waals surface area contributed by atoms with Gasteiger partial charge in [0.15, 0.2) is 11.4 Å². The van der Waals surface area contributed by atoms with E-state index >= 15 is 0 Å². The second-order valence-corrected chi connectivity index (χ2v) is 12.2. The van der Waals surface area contributed by atoms with Crippen LogP contribution in [0.25, 0.3) is 0 Å². The van der Waals surface area contributed by atoms with Gasteiger partial charge in [0, 0.05) is 43.5 Å². The second-order valence-electron chi connectivity index (χ2n) is 10.6. The van der Waals surface area contributed by atoms with Gasteiger partial charge in [-0.25, -0.2) is 17.5 Å². The van der Waals surface area contributed by atoms with Crippen LogP contribution in [0.2, 0.25) is 0 Å². The van der Waals surface area contributed by atoms with Crippen LogP contribution in [0.4, 0.5) is 10.1 Å². The Labute approximate surface area is 208 Å². The lowest BCUT2D eigenvalue weighted by Gasteiger charge is -2.39. The Morgan fingerprint density at radius 1 is 1.22 bits per heavy atom. The normalized spacial score (nSPS) is 26.0. The van der Waals surface area contributed by atoms with Gasteiger partial charge in [0.1, 0.15) is 10.7 Å². The van der Waals surface area contributed by atoms with E-state index in [1.54, 1.807) is 18.9 Å². The third-order valence-corrected chi connectivity index (χ3v) is 8.77. The first-order valence-electron chi connectivity index (χ1n) is 11.6. The summed E-state index contributed by atoms with van der Waals surface area (Å²) in [6, 6.07) is 3.59. The third kappa shape index (κ3) is 3.97. The molecule has 0 saturated carbocycles. The van der Waals surface area contributed by atoms with Crippen molar-refractivity contribution in [3.63, 3.8) is 0 Å². The van der Waals surface area contributed by atoms with Crippen LogP contribution in [-0.4, -0.2) is 68.7 Å². The molecule has 2 aromatic rings. The average Bonchev–Trinajstić information content (AvgIpc) is 3.29. The SMILES string of the molecule is Cc1cc(NC(=O)c2c3c(cn2C)S(=O)(=O)NC2CN(C(=O)C4(C)COC4)CC2(C)CO3)ccc1F. The molecule has 1 aromatic heterocycles. The highest BCUT2D eigenvalue weighted by atomic mass is 32.2. The fraction of sp³-hybridized carbons (Fsp3) is 0.500. The molecule has 3 aliphatic rings. The lowest BCUT2D eigenvalue weighted by atomic mass is 9.86. The van der Waals surface area contributed by atoms with Gasteiger partial charge in [-0.1, -0.05) is 6.92 Å². The van der Waals surface area contributed by atoms with Crippen LogP contribution in [0.1, 0.15) is 29.9 Å². The van der Waals surface area contributed by atoms with E-state index < -0.39 is 38.6 Å². The highest BCUT2D eigenvalue weighted by Crippen LogP contribution is 2.41. The van der Waals surface area contributed by atoms with Crippen molar-refractivity contribution in [3.8, 4) is 5.75 Å². The number of nitrogens with zero attached hydrogens (tertiary/aromatic N) is 2. The number of nitrogens with one attached hydrogen (secondary N) is 2. The average molecular weight is 521 g/mol. The molecule has 2 unspecified atom stereocenters. The maximum absolute atomic E-state index is 13.6. The largest absolute Gasteiger partial charge is 0.489 e. The number of benzene rings is 1. The first-order chi connectivity index (χ1) is 16.8. The predicted octanol–water partition coefficient (Wildman–Crippen LogP) is 1.65. The summed E-state index contributed by atoms with van der Waals surface area (Å²) in [6.07, 6.45) is 1.33. The minimum Gasteiger partial charge on any atom is -0.489 e. The molecule has 3 aliphatic heterocycles. The number of hydrogen-bond acceptors (Lipinski definition) is 6. The standard InChI is InChI=1S/C24H29FN4O6S/c1-14-7-15(5-6-16(14)25)26-21(30)19-20-17(8-28(19)4)36(32,33)27-18-9-29(10-23(18,2)13-35-20)22(31)24(3)11-34-12-24/h5-8,18,27H,9-13H2,1-4H3,(H,26,30). The minimum absolute atomic E-state index is 0.0180. The topological polar surface area (TPSA) is 119 Å². The number of sulfonamides is 1. The third-order valence-electron chi connectivity index (χ3n) is 7.31. The van der Waals surface area contributed by atoms with E-state index in [0.717, 1.165) is 0 Å². The van der Waals surface area contributed by atoms with Gasteiger partial charge in [-0.05, 0) is 37.6 Å². The number of hydrogen-bond donors (Lipinski definition) is 2. The second kappa shape index (κ2) is 8.29. The van der Waals surface area contributed by atoms with Gasteiger partial charge in [0.25, 0.3) is 5.91 Å². The maximum atomic E-state index is 13.6. The van der Waals surface area contributed by atoms with Crippen molar-refractivity contribution < 1.29 is 31.9 Å². The van der Waals surface area contributed by atoms with Crippen molar-refractivity contribution >= 4 is 27.5 Å². The maximum Gasteiger partial charge on any atom is 0.276 e. The summed E-state index contributed by atoms with van der Waals surface area (Å²) in [5.41, 5.74) is -0.585. The zero-order valence-corrected chi connectivity index (χ0v) is 21.4. The van der Waals surface area contributed by atoms with E-state index in [0.29, 0.717) is 31.0 Å². The minimum atomic E-state index is -4.08. The molecule has 1 aromatic carbocycles. The molecule has 36 heavy (non-hydrogen) atoms. The molecule has 10 nitrogen and oxygen atoms in total. The van der Waals surface area contributed by atoms with Gasteiger partial charge in [0.05, 0.1) is 25.2 Å². The summed E-state index contributed by atoms with van der Waals surface area (Å²) in [6.45, 7) is 6.56. The summed E-state index contributed by atoms with van der Waals surface area (Å²) in [7, 11) is -2.52. The van der Waals surface area contributed by atoms with Crippen LogP contribution in [0, 0.1) is 23.6 Å². The number of carbonyl (C=O) groups excluding carboxylic acids is 2. The summed E-state index contributed by atoms with van der Waals surface area (Å²) in [5, 5.41) is 2.69. The summed E-state index contributed by atoms with van der Waals surface area (Å²) in [5.74, 6) is -1.13. The van der Waals surface area contributed by atoms with Crippen molar-refractivity contribution in [1.29, 1.82) is 0 Å². The number of aromatic nitrogens is 1. The highest BCUT2D eigenvalue weighted by Gasteiger charge is 2.53. The number of anilines is 1. The number of fused-ring (bicyclic) bond motifs is 2. The van der Waals surface area contributed by atoms with Crippen LogP contribution in [0.5, 0.6) is 5.75 Å². The molecule has 4 heterocycles. The van der Waals surface area contributed by atoms with Crippen LogP contribution >= 0.6 is 0 Å². The molecule has 194 valence electrons. The quantitative estimate of drug-likeness (QED) is 0.635. The molecule has 2 atom stereocenters. The van der Waals surface area contributed by atoms with Crippen molar-refractivity contribution in [3.05, 3.63) is 41.5 Å². The Morgan fingerprint density at radius 2 is 1.94 bits per heavy atom. The molecule has 2 amide bonds. The molecule has 2 fully saturated rings. The number of likely N-dealkylation sites (tertiary alicyclic amines) is 1. The Kier molecular flexibility index (Phi) is 5.69. The van der Waals surface area contributed by atoms with E-state index in [1.807, 2.05) is 13.8 Å². The Hall–Kier alpha value is -2.96. The number of amides is 2. The molecule has 0 spiro atoms. The van der Waals surface area contributed by atoms with Crippen LogP contribution in [-0.2, 0) is 26.6 Å². The Balaban J connectivity index is 1.44. The van der Waals surface area contributed by atoms with Gasteiger partial charge in [-0.2, -0.15) is 0 Å². The first kappa shape index (κ1) is 24.7. The number of carbonyl (C=O) groups is 2. The molecule has 0 radical (unpaired) electrons. The van der Waals surface area contributed by atoms with Gasteiger partial charge in [0.2, 0.25) is 15.9 Å². The highest BCUT2D eigenvalue weighted by molar-refractivity contribution is 7.89. The van der Waals surface area contributed by atoms with Crippen molar-refractivity contribution in [2.75, 3.05) is 38.2 Å². The number of halogens is 1. The molecule has 0 bridgehead atoms. The fourth-order valence-corrected chi connectivity index (χ4v) is 6.57. The molecular formula is C24H29FN4O6S. The van der Waals surface area contributed by atoms with Gasteiger partial charge >= 0.3 is 0 Å². The van der Waals surface area contributed by atoms with E-state index in [4.69, 9.17) is 9.47 Å². The predicted molar refractivity (Wildman–Crippen MR) is 128 cm³/mol. The summed E-state index contributed by atoms with van der Waals surface area (Å²) < 4.78 is 55.9. The molecule has 2 N–H and O–H groups in total. The van der Waals surface area contributed by atoms with Crippen molar-refractivity contribution in [2.45, 2.75) is 31.7 Å². The van der Waals surface area contributed by atoms with E-state index in [1.165, 1.54) is 29.0 Å². The van der Waals surface area contributed by atoms with Crippen LogP contribution in [0.15, 0.2) is 29.3 Å². The van der Waals surface area contributed by atoms with Crippen molar-refractivity contribution in [1.82, 2.24) is 14.2 Å². The van der Waals surface area contributed by atoms with Gasteiger partial charge in [-0.3, -0.25) is 9.59 Å².